The van der Waals surface area contributed by atoms with Crippen LogP contribution in [0.25, 0.3) is 0 Å². The van der Waals surface area contributed by atoms with Crippen LogP contribution < -0.4 is 11.1 Å². The summed E-state index contributed by atoms with van der Waals surface area (Å²) >= 11 is 0. The Morgan fingerprint density at radius 2 is 2.05 bits per heavy atom. The molecule has 1 fully saturated rings. The molecule has 0 aliphatic heterocycles. The summed E-state index contributed by atoms with van der Waals surface area (Å²) in [7, 11) is 0. The standard InChI is InChI=1S/C16H28N4O/c1-12(2)15-10-16(20-11-19-15)18-8-3-9-21-14-6-4-13(17)5-7-14/h10-14H,3-9,17H2,1-2H3,(H,18,19,20). The lowest BCUT2D eigenvalue weighted by Crippen LogP contribution is -2.30. The van der Waals surface area contributed by atoms with Gasteiger partial charge >= 0.3 is 0 Å². The fourth-order valence-electron chi connectivity index (χ4n) is 2.58. The Labute approximate surface area is 127 Å². The van der Waals surface area contributed by atoms with Gasteiger partial charge in [0.1, 0.15) is 12.1 Å². The Hall–Kier alpha value is -1.20. The van der Waals surface area contributed by atoms with Gasteiger partial charge in [0.05, 0.1) is 6.10 Å². The fourth-order valence-corrected chi connectivity index (χ4v) is 2.58. The molecule has 5 nitrogen and oxygen atoms in total. The van der Waals surface area contributed by atoms with E-state index < -0.39 is 0 Å². The lowest BCUT2D eigenvalue weighted by Gasteiger charge is -2.26. The maximum absolute atomic E-state index is 5.90. The molecule has 0 radical (unpaired) electrons. The summed E-state index contributed by atoms with van der Waals surface area (Å²) in [6, 6.07) is 2.41. The molecule has 0 bridgehead atoms. The number of anilines is 1. The van der Waals surface area contributed by atoms with Gasteiger partial charge in [-0.3, -0.25) is 0 Å². The average Bonchev–Trinajstić information content (AvgIpc) is 2.49. The Bertz CT molecular complexity index is 416. The minimum atomic E-state index is 0.388. The number of hydrogen-bond donors (Lipinski definition) is 2. The van der Waals surface area contributed by atoms with Crippen LogP contribution in [-0.2, 0) is 4.74 Å². The van der Waals surface area contributed by atoms with Crippen molar-refractivity contribution in [2.45, 2.75) is 64.0 Å². The molecule has 5 heteroatoms. The van der Waals surface area contributed by atoms with E-state index in [0.717, 1.165) is 56.8 Å². The Morgan fingerprint density at radius 1 is 1.29 bits per heavy atom. The van der Waals surface area contributed by atoms with E-state index in [4.69, 9.17) is 10.5 Å². The molecule has 2 rings (SSSR count). The van der Waals surface area contributed by atoms with Gasteiger partial charge in [-0.15, -0.1) is 0 Å². The minimum Gasteiger partial charge on any atom is -0.378 e. The van der Waals surface area contributed by atoms with Gasteiger partial charge in [0, 0.05) is 31.0 Å². The molecule has 1 aliphatic carbocycles. The largest absolute Gasteiger partial charge is 0.378 e. The second-order valence-electron chi connectivity index (χ2n) is 6.17. The van der Waals surface area contributed by atoms with Crippen molar-refractivity contribution < 1.29 is 4.74 Å². The number of nitrogens with one attached hydrogen (secondary N) is 1. The first-order valence-electron chi connectivity index (χ1n) is 8.08. The number of nitrogens with zero attached hydrogens (tertiary/aromatic N) is 2. The van der Waals surface area contributed by atoms with Gasteiger partial charge in [0.2, 0.25) is 0 Å². The van der Waals surface area contributed by atoms with Gasteiger partial charge in [-0.05, 0) is 38.0 Å². The second-order valence-corrected chi connectivity index (χ2v) is 6.17. The van der Waals surface area contributed by atoms with Gasteiger partial charge in [-0.25, -0.2) is 9.97 Å². The molecule has 1 aromatic heterocycles. The monoisotopic (exact) mass is 292 g/mol. The molecule has 0 spiro atoms. The van der Waals surface area contributed by atoms with Gasteiger partial charge in [-0.1, -0.05) is 13.8 Å². The zero-order valence-corrected chi connectivity index (χ0v) is 13.2. The summed E-state index contributed by atoms with van der Waals surface area (Å²) in [4.78, 5) is 8.51. The van der Waals surface area contributed by atoms with Crippen molar-refractivity contribution >= 4 is 5.82 Å². The van der Waals surface area contributed by atoms with Crippen LogP contribution in [-0.4, -0.2) is 35.3 Å². The maximum Gasteiger partial charge on any atom is 0.129 e. The predicted molar refractivity (Wildman–Crippen MR) is 85.4 cm³/mol. The summed E-state index contributed by atoms with van der Waals surface area (Å²) in [6.45, 7) is 5.95. The molecule has 1 saturated carbocycles. The number of nitrogens with two attached hydrogens (primary N) is 1. The zero-order chi connectivity index (χ0) is 15.1. The van der Waals surface area contributed by atoms with Crippen LogP contribution in [0, 0.1) is 0 Å². The third-order valence-corrected chi connectivity index (χ3v) is 3.98. The molecule has 3 N–H and O–H groups in total. The van der Waals surface area contributed by atoms with E-state index in [2.05, 4.69) is 29.1 Å². The molecule has 0 unspecified atom stereocenters. The second kappa shape index (κ2) is 8.29. The Balaban J connectivity index is 1.60. The molecular formula is C16H28N4O. The van der Waals surface area contributed by atoms with E-state index in [1.807, 2.05) is 6.07 Å². The lowest BCUT2D eigenvalue weighted by molar-refractivity contribution is 0.0251. The third kappa shape index (κ3) is 5.59. The van der Waals surface area contributed by atoms with Gasteiger partial charge in [-0.2, -0.15) is 0 Å². The SMILES string of the molecule is CC(C)c1cc(NCCCOC2CCC(N)CC2)ncn1. The van der Waals surface area contributed by atoms with Crippen LogP contribution >= 0.6 is 0 Å². The van der Waals surface area contributed by atoms with E-state index in [-0.39, 0.29) is 0 Å². The summed E-state index contributed by atoms with van der Waals surface area (Å²) in [5, 5.41) is 3.33. The van der Waals surface area contributed by atoms with Crippen LogP contribution in [0.4, 0.5) is 5.82 Å². The summed E-state index contributed by atoms with van der Waals surface area (Å²) < 4.78 is 5.90. The smallest absolute Gasteiger partial charge is 0.129 e. The van der Waals surface area contributed by atoms with Gasteiger partial charge in [0.15, 0.2) is 0 Å². The first-order valence-corrected chi connectivity index (χ1v) is 8.08. The van der Waals surface area contributed by atoms with Crippen LogP contribution in [0.2, 0.25) is 0 Å². The molecule has 21 heavy (non-hydrogen) atoms. The minimum absolute atomic E-state index is 0.388. The van der Waals surface area contributed by atoms with Crippen LogP contribution in [0.3, 0.4) is 0 Å². The van der Waals surface area contributed by atoms with Crippen molar-refractivity contribution in [2.75, 3.05) is 18.5 Å². The highest BCUT2D eigenvalue weighted by molar-refractivity contribution is 5.35. The first kappa shape index (κ1) is 16.2. The van der Waals surface area contributed by atoms with Crippen LogP contribution in [0.15, 0.2) is 12.4 Å². The van der Waals surface area contributed by atoms with Crippen molar-refractivity contribution in [1.82, 2.24) is 9.97 Å². The van der Waals surface area contributed by atoms with Crippen molar-refractivity contribution in [2.24, 2.45) is 5.73 Å². The number of aromatic nitrogens is 2. The van der Waals surface area contributed by atoms with E-state index in [0.29, 0.717) is 18.1 Å². The maximum atomic E-state index is 5.90. The molecule has 1 heterocycles. The molecule has 0 aromatic carbocycles. The van der Waals surface area contributed by atoms with E-state index >= 15 is 0 Å². The molecule has 1 aliphatic rings. The topological polar surface area (TPSA) is 73.1 Å². The summed E-state index contributed by atoms with van der Waals surface area (Å²) in [5.41, 5.74) is 6.97. The number of rotatable bonds is 7. The molecular weight excluding hydrogens is 264 g/mol. The number of hydrogen-bond acceptors (Lipinski definition) is 5. The molecule has 1 aromatic rings. The summed E-state index contributed by atoms with van der Waals surface area (Å²) in [5.74, 6) is 1.33. The van der Waals surface area contributed by atoms with E-state index in [1.165, 1.54) is 0 Å². The van der Waals surface area contributed by atoms with Crippen molar-refractivity contribution in [3.05, 3.63) is 18.1 Å². The predicted octanol–water partition coefficient (Wildman–Crippen LogP) is 2.69. The third-order valence-electron chi connectivity index (χ3n) is 3.98. The normalized spacial score (nSPS) is 22.5. The Morgan fingerprint density at radius 3 is 2.76 bits per heavy atom. The molecule has 0 saturated heterocycles. The van der Waals surface area contributed by atoms with E-state index in [1.54, 1.807) is 6.33 Å². The van der Waals surface area contributed by atoms with Crippen LogP contribution in [0.5, 0.6) is 0 Å². The summed E-state index contributed by atoms with van der Waals surface area (Å²) in [6.07, 6.45) is 7.44. The highest BCUT2D eigenvalue weighted by Gasteiger charge is 2.18. The van der Waals surface area contributed by atoms with Crippen molar-refractivity contribution in [3.63, 3.8) is 0 Å². The Kier molecular flexibility index (Phi) is 6.39. The van der Waals surface area contributed by atoms with Crippen molar-refractivity contribution in [1.29, 1.82) is 0 Å². The quantitative estimate of drug-likeness (QED) is 0.756. The molecule has 0 amide bonds. The average molecular weight is 292 g/mol. The first-order chi connectivity index (χ1) is 10.1. The van der Waals surface area contributed by atoms with Gasteiger partial charge < -0.3 is 15.8 Å². The van der Waals surface area contributed by atoms with E-state index in [9.17, 15) is 0 Å². The highest BCUT2D eigenvalue weighted by Crippen LogP contribution is 2.19. The molecule has 118 valence electrons. The molecule has 0 atom stereocenters. The highest BCUT2D eigenvalue weighted by atomic mass is 16.5. The fraction of sp³-hybridized carbons (Fsp3) is 0.750. The zero-order valence-electron chi connectivity index (χ0n) is 13.2. The van der Waals surface area contributed by atoms with Crippen LogP contribution in [0.1, 0.15) is 57.6 Å². The van der Waals surface area contributed by atoms with Gasteiger partial charge in [0.25, 0.3) is 0 Å². The van der Waals surface area contributed by atoms with Crippen molar-refractivity contribution in [3.8, 4) is 0 Å². The lowest BCUT2D eigenvalue weighted by atomic mass is 9.94. The number of ether oxygens (including phenoxy) is 1.